The van der Waals surface area contributed by atoms with Crippen molar-refractivity contribution < 1.29 is 4.42 Å². The van der Waals surface area contributed by atoms with E-state index >= 15 is 0 Å². The maximum absolute atomic E-state index is 6.65. The first-order valence-corrected chi connectivity index (χ1v) is 10.0. The van der Waals surface area contributed by atoms with Crippen molar-refractivity contribution in [2.75, 3.05) is 49.2 Å². The van der Waals surface area contributed by atoms with Gasteiger partial charge in [-0.25, -0.2) is 4.98 Å². The van der Waals surface area contributed by atoms with Crippen LogP contribution in [-0.4, -0.2) is 54.1 Å². The number of fused-ring (bicyclic) bond motifs is 1. The van der Waals surface area contributed by atoms with Crippen LogP contribution in [0.25, 0.3) is 22.2 Å². The number of nitrogen functional groups attached to an aromatic ring is 1. The zero-order valence-corrected chi connectivity index (χ0v) is 16.5. The van der Waals surface area contributed by atoms with Crippen LogP contribution in [0, 0.1) is 0 Å². The average molecular weight is 399 g/mol. The van der Waals surface area contributed by atoms with Crippen LogP contribution in [0.4, 0.5) is 17.5 Å². The number of benzene rings is 1. The van der Waals surface area contributed by atoms with Crippen LogP contribution in [-0.2, 0) is 0 Å². The third kappa shape index (κ3) is 3.25. The molecule has 0 bridgehead atoms. The molecule has 28 heavy (non-hydrogen) atoms. The molecule has 1 aliphatic carbocycles. The van der Waals surface area contributed by atoms with E-state index in [1.165, 1.54) is 0 Å². The molecule has 1 saturated heterocycles. The lowest BCUT2D eigenvalue weighted by atomic mass is 10.1. The number of nitrogens with two attached hydrogens (primary N) is 1. The molecule has 2 fully saturated rings. The Morgan fingerprint density at radius 1 is 1.18 bits per heavy atom. The molecule has 7 nitrogen and oxygen atoms in total. The van der Waals surface area contributed by atoms with Crippen LogP contribution in [0.15, 0.2) is 28.9 Å². The highest BCUT2D eigenvalue weighted by Gasteiger charge is 2.25. The summed E-state index contributed by atoms with van der Waals surface area (Å²) in [6, 6.07) is 6.57. The summed E-state index contributed by atoms with van der Waals surface area (Å²) in [5.41, 5.74) is 10.2. The molecule has 1 saturated carbocycles. The van der Waals surface area contributed by atoms with Gasteiger partial charge in [0.25, 0.3) is 0 Å². The Kier molecular flexibility index (Phi) is 4.29. The molecule has 2 aliphatic rings. The minimum absolute atomic E-state index is 0.235. The molecular weight excluding hydrogens is 376 g/mol. The normalized spacial score (nSPS) is 18.0. The second-order valence-corrected chi connectivity index (χ2v) is 8.04. The number of piperazine rings is 1. The maximum Gasteiger partial charge on any atom is 0.222 e. The first kappa shape index (κ1) is 17.6. The van der Waals surface area contributed by atoms with E-state index in [4.69, 9.17) is 21.8 Å². The predicted molar refractivity (Wildman–Crippen MR) is 113 cm³/mol. The summed E-state index contributed by atoms with van der Waals surface area (Å²) in [5, 5.41) is 4.10. The SMILES string of the molecule is CN1CCN(c2ccc(-c3coc4c(NC5CC5)nc(N)nc34)cc2Cl)CC1. The van der Waals surface area contributed by atoms with Gasteiger partial charge in [-0.3, -0.25) is 0 Å². The lowest BCUT2D eigenvalue weighted by molar-refractivity contribution is 0.313. The van der Waals surface area contributed by atoms with Crippen LogP contribution in [0.1, 0.15) is 12.8 Å². The minimum Gasteiger partial charge on any atom is -0.458 e. The van der Waals surface area contributed by atoms with Gasteiger partial charge in [0, 0.05) is 37.8 Å². The van der Waals surface area contributed by atoms with Gasteiger partial charge in [-0.05, 0) is 37.6 Å². The van der Waals surface area contributed by atoms with Crippen LogP contribution >= 0.6 is 11.6 Å². The fraction of sp³-hybridized carbons (Fsp3) is 0.400. The first-order chi connectivity index (χ1) is 13.6. The molecule has 3 N–H and O–H groups in total. The first-order valence-electron chi connectivity index (χ1n) is 9.63. The van der Waals surface area contributed by atoms with Crippen LogP contribution < -0.4 is 16.0 Å². The highest BCUT2D eigenvalue weighted by Crippen LogP contribution is 2.38. The van der Waals surface area contributed by atoms with Gasteiger partial charge < -0.3 is 25.3 Å². The summed E-state index contributed by atoms with van der Waals surface area (Å²) in [5.74, 6) is 0.898. The lowest BCUT2D eigenvalue weighted by Crippen LogP contribution is -2.44. The van der Waals surface area contributed by atoms with Crippen LogP contribution in [0.2, 0.25) is 5.02 Å². The van der Waals surface area contributed by atoms with Crippen molar-refractivity contribution in [1.82, 2.24) is 14.9 Å². The zero-order chi connectivity index (χ0) is 19.3. The van der Waals surface area contributed by atoms with E-state index in [0.29, 0.717) is 23.0 Å². The Hall–Kier alpha value is -2.51. The predicted octanol–water partition coefficient (Wildman–Crippen LogP) is 3.45. The van der Waals surface area contributed by atoms with E-state index in [0.717, 1.165) is 60.9 Å². The topological polar surface area (TPSA) is 83.5 Å². The molecule has 146 valence electrons. The Bertz CT molecular complexity index is 1020. The van der Waals surface area contributed by atoms with Gasteiger partial charge >= 0.3 is 0 Å². The van der Waals surface area contributed by atoms with Gasteiger partial charge in [0.05, 0.1) is 10.7 Å². The van der Waals surface area contributed by atoms with Crippen molar-refractivity contribution in [2.45, 2.75) is 18.9 Å². The Morgan fingerprint density at radius 3 is 2.68 bits per heavy atom. The third-order valence-corrected chi connectivity index (χ3v) is 5.76. The highest BCUT2D eigenvalue weighted by atomic mass is 35.5. The monoisotopic (exact) mass is 398 g/mol. The van der Waals surface area contributed by atoms with Gasteiger partial charge in [-0.1, -0.05) is 17.7 Å². The quantitative estimate of drug-likeness (QED) is 0.696. The number of rotatable bonds is 4. The second kappa shape index (κ2) is 6.83. The Balaban J connectivity index is 1.50. The molecule has 8 heteroatoms. The molecule has 1 aliphatic heterocycles. The molecule has 0 spiro atoms. The van der Waals surface area contributed by atoms with Crippen molar-refractivity contribution >= 4 is 40.2 Å². The van der Waals surface area contributed by atoms with Gasteiger partial charge in [0.2, 0.25) is 5.95 Å². The fourth-order valence-corrected chi connectivity index (χ4v) is 3.94. The molecule has 0 unspecified atom stereocenters. The number of furan rings is 1. The molecule has 2 aromatic heterocycles. The van der Waals surface area contributed by atoms with Gasteiger partial charge in [0.1, 0.15) is 11.8 Å². The summed E-state index contributed by atoms with van der Waals surface area (Å²) in [4.78, 5) is 13.4. The number of hydrogen-bond donors (Lipinski definition) is 2. The molecule has 0 atom stereocenters. The minimum atomic E-state index is 0.235. The number of halogens is 1. The van der Waals surface area contributed by atoms with E-state index in [1.54, 1.807) is 6.26 Å². The number of hydrogen-bond acceptors (Lipinski definition) is 7. The van der Waals surface area contributed by atoms with E-state index in [1.807, 2.05) is 6.07 Å². The molecular formula is C20H23ClN6O. The Morgan fingerprint density at radius 2 is 1.96 bits per heavy atom. The lowest BCUT2D eigenvalue weighted by Gasteiger charge is -2.34. The van der Waals surface area contributed by atoms with E-state index in [2.05, 4.69) is 44.3 Å². The molecule has 5 rings (SSSR count). The van der Waals surface area contributed by atoms with Crippen molar-refractivity contribution in [3.05, 3.63) is 29.5 Å². The standard InChI is InChI=1S/C20H23ClN6O/c1-26-6-8-27(9-7-26)16-5-2-12(10-15(16)21)14-11-28-18-17(14)24-20(22)25-19(18)23-13-3-4-13/h2,5,10-11,13H,3-4,6-9H2,1H3,(H3,22,23,24,25). The number of nitrogens with one attached hydrogen (secondary N) is 1. The zero-order valence-electron chi connectivity index (χ0n) is 15.8. The van der Waals surface area contributed by atoms with E-state index in [-0.39, 0.29) is 5.95 Å². The highest BCUT2D eigenvalue weighted by molar-refractivity contribution is 6.33. The van der Waals surface area contributed by atoms with Crippen molar-refractivity contribution in [1.29, 1.82) is 0 Å². The van der Waals surface area contributed by atoms with Crippen LogP contribution in [0.5, 0.6) is 0 Å². The number of likely N-dealkylation sites (N-methyl/N-ethyl adjacent to an activating group) is 1. The van der Waals surface area contributed by atoms with E-state index in [9.17, 15) is 0 Å². The average Bonchev–Trinajstić information content (AvgIpc) is 3.39. The molecule has 0 radical (unpaired) electrons. The summed E-state index contributed by atoms with van der Waals surface area (Å²) in [6.07, 6.45) is 3.99. The number of aromatic nitrogens is 2. The van der Waals surface area contributed by atoms with Gasteiger partial charge in [-0.15, -0.1) is 0 Å². The summed E-state index contributed by atoms with van der Waals surface area (Å²) in [7, 11) is 2.14. The molecule has 3 aromatic rings. The molecule has 0 amide bonds. The second-order valence-electron chi connectivity index (χ2n) is 7.63. The summed E-state index contributed by atoms with van der Waals surface area (Å²) < 4.78 is 5.81. The third-order valence-electron chi connectivity index (χ3n) is 5.45. The van der Waals surface area contributed by atoms with E-state index < -0.39 is 0 Å². The maximum atomic E-state index is 6.65. The van der Waals surface area contributed by atoms with Crippen LogP contribution in [0.3, 0.4) is 0 Å². The number of nitrogens with zero attached hydrogens (tertiary/aromatic N) is 4. The van der Waals surface area contributed by atoms with Gasteiger partial charge in [-0.2, -0.15) is 4.98 Å². The fourth-order valence-electron chi connectivity index (χ4n) is 3.64. The largest absolute Gasteiger partial charge is 0.458 e. The smallest absolute Gasteiger partial charge is 0.222 e. The number of anilines is 3. The Labute approximate surface area is 168 Å². The van der Waals surface area contributed by atoms with Crippen molar-refractivity contribution in [2.24, 2.45) is 0 Å². The summed E-state index contributed by atoms with van der Waals surface area (Å²) in [6.45, 7) is 4.03. The molecule has 3 heterocycles. The van der Waals surface area contributed by atoms with Crippen molar-refractivity contribution in [3.8, 4) is 11.1 Å². The van der Waals surface area contributed by atoms with Gasteiger partial charge in [0.15, 0.2) is 11.4 Å². The summed E-state index contributed by atoms with van der Waals surface area (Å²) >= 11 is 6.65. The van der Waals surface area contributed by atoms with Crippen molar-refractivity contribution in [3.63, 3.8) is 0 Å². The molecule has 1 aromatic carbocycles.